The third-order valence-corrected chi connectivity index (χ3v) is 5.13. The Balaban J connectivity index is 1.51. The number of aromatic nitrogens is 1. The van der Waals surface area contributed by atoms with Gasteiger partial charge in [0.1, 0.15) is 0 Å². The molecular weight excluding hydrogens is 423 g/mol. The molecule has 4 rings (SSSR count). The SMILES string of the molecule is Cc1cc(N/N=C/c2ccc(N(CCCl)CCCl)cc2)c2cc3c(cc2n1)OCO3. The molecule has 8 heteroatoms. The zero-order chi connectivity index (χ0) is 20.9. The van der Waals surface area contributed by atoms with Crippen molar-refractivity contribution in [2.45, 2.75) is 6.92 Å². The Morgan fingerprint density at radius 2 is 1.77 bits per heavy atom. The second-order valence-electron chi connectivity index (χ2n) is 6.86. The largest absolute Gasteiger partial charge is 0.454 e. The van der Waals surface area contributed by atoms with E-state index < -0.39 is 0 Å². The van der Waals surface area contributed by atoms with Crippen molar-refractivity contribution < 1.29 is 9.47 Å². The first-order valence-electron chi connectivity index (χ1n) is 9.65. The van der Waals surface area contributed by atoms with Gasteiger partial charge < -0.3 is 14.4 Å². The minimum atomic E-state index is 0.231. The lowest BCUT2D eigenvalue weighted by molar-refractivity contribution is 0.174. The predicted molar refractivity (Wildman–Crippen MR) is 124 cm³/mol. The fourth-order valence-electron chi connectivity index (χ4n) is 3.36. The zero-order valence-electron chi connectivity index (χ0n) is 16.6. The number of ether oxygens (including phenoxy) is 2. The Morgan fingerprint density at radius 3 is 2.47 bits per heavy atom. The van der Waals surface area contributed by atoms with Gasteiger partial charge in [0.15, 0.2) is 11.5 Å². The number of fused-ring (bicyclic) bond motifs is 2. The van der Waals surface area contributed by atoms with Crippen LogP contribution in [0.15, 0.2) is 47.6 Å². The number of hydrazone groups is 1. The molecule has 0 unspecified atom stereocenters. The van der Waals surface area contributed by atoms with Gasteiger partial charge in [-0.3, -0.25) is 10.4 Å². The standard InChI is InChI=1S/C22H22Cl2N4O2/c1-15-10-20(18-11-21-22(30-14-29-21)12-19(18)26-15)27-25-13-16-2-4-17(5-3-16)28(8-6-23)9-7-24/h2-5,10-13H,6-9,14H2,1H3,(H,26,27)/b25-13+. The van der Waals surface area contributed by atoms with E-state index in [0.717, 1.165) is 46.6 Å². The number of hydrogen-bond donors (Lipinski definition) is 1. The average molecular weight is 445 g/mol. The Bertz CT molecular complexity index is 1050. The summed E-state index contributed by atoms with van der Waals surface area (Å²) in [5.41, 5.74) is 7.79. The van der Waals surface area contributed by atoms with Crippen LogP contribution in [0, 0.1) is 6.92 Å². The fraction of sp³-hybridized carbons (Fsp3) is 0.273. The summed E-state index contributed by atoms with van der Waals surface area (Å²) >= 11 is 11.8. The molecule has 1 aromatic heterocycles. The molecule has 2 heterocycles. The van der Waals surface area contributed by atoms with E-state index >= 15 is 0 Å². The van der Waals surface area contributed by atoms with Crippen LogP contribution in [-0.4, -0.2) is 42.8 Å². The van der Waals surface area contributed by atoms with Gasteiger partial charge in [-0.15, -0.1) is 23.2 Å². The molecular formula is C22H22Cl2N4O2. The Labute approximate surface area is 185 Å². The summed E-state index contributed by atoms with van der Waals surface area (Å²) in [7, 11) is 0. The van der Waals surface area contributed by atoms with Gasteiger partial charge in [-0.1, -0.05) is 12.1 Å². The molecule has 1 N–H and O–H groups in total. The molecule has 0 radical (unpaired) electrons. The molecule has 0 saturated heterocycles. The smallest absolute Gasteiger partial charge is 0.231 e. The summed E-state index contributed by atoms with van der Waals surface area (Å²) in [4.78, 5) is 6.75. The molecule has 3 aromatic rings. The Hall–Kier alpha value is -2.70. The van der Waals surface area contributed by atoms with Crippen molar-refractivity contribution in [2.24, 2.45) is 5.10 Å². The number of hydrogen-bond acceptors (Lipinski definition) is 6. The highest BCUT2D eigenvalue weighted by Crippen LogP contribution is 2.38. The molecule has 0 aliphatic carbocycles. The highest BCUT2D eigenvalue weighted by atomic mass is 35.5. The molecule has 0 fully saturated rings. The maximum absolute atomic E-state index is 5.89. The molecule has 2 aromatic carbocycles. The lowest BCUT2D eigenvalue weighted by atomic mass is 10.1. The number of halogens is 2. The highest BCUT2D eigenvalue weighted by molar-refractivity contribution is 6.18. The monoisotopic (exact) mass is 444 g/mol. The predicted octanol–water partition coefficient (Wildman–Crippen LogP) is 5.00. The molecule has 156 valence electrons. The number of pyridine rings is 1. The van der Waals surface area contributed by atoms with Crippen LogP contribution in [0.4, 0.5) is 11.4 Å². The van der Waals surface area contributed by atoms with E-state index in [1.807, 2.05) is 49.4 Å². The van der Waals surface area contributed by atoms with Crippen LogP contribution in [0.5, 0.6) is 11.5 Å². The zero-order valence-corrected chi connectivity index (χ0v) is 18.1. The molecule has 0 spiro atoms. The van der Waals surface area contributed by atoms with Crippen LogP contribution < -0.4 is 19.8 Å². The maximum atomic E-state index is 5.89. The molecule has 0 atom stereocenters. The van der Waals surface area contributed by atoms with Gasteiger partial charge in [-0.25, -0.2) is 0 Å². The van der Waals surface area contributed by atoms with Crippen molar-refractivity contribution >= 4 is 51.7 Å². The molecule has 0 amide bonds. The van der Waals surface area contributed by atoms with Crippen molar-refractivity contribution in [3.63, 3.8) is 0 Å². The van der Waals surface area contributed by atoms with E-state index in [0.29, 0.717) is 23.3 Å². The van der Waals surface area contributed by atoms with Gasteiger partial charge in [-0.05, 0) is 36.8 Å². The van der Waals surface area contributed by atoms with E-state index in [4.69, 9.17) is 32.7 Å². The van der Waals surface area contributed by atoms with Crippen molar-refractivity contribution in [1.82, 2.24) is 4.98 Å². The van der Waals surface area contributed by atoms with Crippen LogP contribution in [0.2, 0.25) is 0 Å². The van der Waals surface area contributed by atoms with Crippen molar-refractivity contribution in [1.29, 1.82) is 0 Å². The van der Waals surface area contributed by atoms with Crippen molar-refractivity contribution in [3.8, 4) is 11.5 Å². The summed E-state index contributed by atoms with van der Waals surface area (Å²) in [6.45, 7) is 3.70. The van der Waals surface area contributed by atoms with E-state index in [-0.39, 0.29) is 6.79 Å². The number of alkyl halides is 2. The quantitative estimate of drug-likeness (QED) is 0.300. The van der Waals surface area contributed by atoms with Crippen LogP contribution in [0.3, 0.4) is 0 Å². The fourth-order valence-corrected chi connectivity index (χ4v) is 3.77. The second kappa shape index (κ2) is 9.41. The van der Waals surface area contributed by atoms with E-state index in [1.165, 1.54) is 0 Å². The number of anilines is 2. The number of aryl methyl sites for hydroxylation is 1. The second-order valence-corrected chi connectivity index (χ2v) is 7.62. The molecule has 6 nitrogen and oxygen atoms in total. The Morgan fingerprint density at radius 1 is 1.07 bits per heavy atom. The van der Waals surface area contributed by atoms with E-state index in [9.17, 15) is 0 Å². The lowest BCUT2D eigenvalue weighted by Gasteiger charge is -2.22. The Kier molecular flexibility index (Phi) is 6.45. The van der Waals surface area contributed by atoms with Crippen LogP contribution in [0.1, 0.15) is 11.3 Å². The lowest BCUT2D eigenvalue weighted by Crippen LogP contribution is -2.27. The summed E-state index contributed by atoms with van der Waals surface area (Å²) in [5.74, 6) is 2.55. The normalized spacial score (nSPS) is 12.6. The van der Waals surface area contributed by atoms with Crippen molar-refractivity contribution in [2.75, 3.05) is 42.0 Å². The summed E-state index contributed by atoms with van der Waals surface area (Å²) < 4.78 is 10.9. The third kappa shape index (κ3) is 4.55. The number of rotatable bonds is 8. The molecule has 30 heavy (non-hydrogen) atoms. The average Bonchev–Trinajstić information content (AvgIpc) is 3.20. The minimum absolute atomic E-state index is 0.231. The van der Waals surface area contributed by atoms with Gasteiger partial charge in [0.05, 0.1) is 17.4 Å². The molecule has 1 aliphatic rings. The van der Waals surface area contributed by atoms with Crippen LogP contribution >= 0.6 is 23.2 Å². The van der Waals surface area contributed by atoms with Gasteiger partial charge in [0.2, 0.25) is 6.79 Å². The molecule has 0 bridgehead atoms. The van der Waals surface area contributed by atoms with Gasteiger partial charge in [-0.2, -0.15) is 5.10 Å². The first-order chi connectivity index (χ1) is 14.7. The first-order valence-corrected chi connectivity index (χ1v) is 10.7. The summed E-state index contributed by atoms with van der Waals surface area (Å²) in [6.07, 6.45) is 1.78. The number of nitrogens with one attached hydrogen (secondary N) is 1. The summed E-state index contributed by atoms with van der Waals surface area (Å²) in [5, 5.41) is 5.34. The van der Waals surface area contributed by atoms with Gasteiger partial charge in [0.25, 0.3) is 0 Å². The van der Waals surface area contributed by atoms with E-state index in [2.05, 4.69) is 20.4 Å². The highest BCUT2D eigenvalue weighted by Gasteiger charge is 2.16. The van der Waals surface area contributed by atoms with Gasteiger partial charge in [0, 0.05) is 47.7 Å². The first kappa shape index (κ1) is 20.6. The van der Waals surface area contributed by atoms with Crippen LogP contribution in [0.25, 0.3) is 10.9 Å². The number of benzene rings is 2. The summed E-state index contributed by atoms with van der Waals surface area (Å²) in [6, 6.07) is 13.9. The maximum Gasteiger partial charge on any atom is 0.231 e. The van der Waals surface area contributed by atoms with E-state index in [1.54, 1.807) is 6.21 Å². The van der Waals surface area contributed by atoms with Crippen molar-refractivity contribution in [3.05, 3.63) is 53.7 Å². The topological polar surface area (TPSA) is 59.0 Å². The molecule has 0 saturated carbocycles. The minimum Gasteiger partial charge on any atom is -0.454 e. The van der Waals surface area contributed by atoms with Gasteiger partial charge >= 0.3 is 0 Å². The van der Waals surface area contributed by atoms with Crippen LogP contribution in [-0.2, 0) is 0 Å². The number of nitrogens with zero attached hydrogens (tertiary/aromatic N) is 3. The third-order valence-electron chi connectivity index (χ3n) is 4.80. The molecule has 1 aliphatic heterocycles.